The predicted molar refractivity (Wildman–Crippen MR) is 152 cm³/mol. The van der Waals surface area contributed by atoms with Crippen molar-refractivity contribution in [2.45, 2.75) is 56.1 Å². The van der Waals surface area contributed by atoms with Gasteiger partial charge in [0.2, 0.25) is 5.69 Å². The lowest BCUT2D eigenvalue weighted by atomic mass is 9.87. The average Bonchev–Trinajstić information content (AvgIpc) is 2.79. The molecule has 2 heterocycles. The van der Waals surface area contributed by atoms with Gasteiger partial charge in [0.15, 0.2) is 6.20 Å². The summed E-state index contributed by atoms with van der Waals surface area (Å²) in [5.74, 6) is 0.450. The Labute approximate surface area is 207 Å². The summed E-state index contributed by atoms with van der Waals surface area (Å²) in [6.07, 6.45) is 2.25. The molecule has 5 aromatic rings. The molecule has 34 heavy (non-hydrogen) atoms. The van der Waals surface area contributed by atoms with E-state index in [0.29, 0.717) is 5.92 Å². The van der Waals surface area contributed by atoms with Crippen LogP contribution in [0.3, 0.4) is 0 Å². The largest absolute Gasteiger partial charge is 0.222 e. The van der Waals surface area contributed by atoms with Crippen LogP contribution in [0.4, 0.5) is 0 Å². The van der Waals surface area contributed by atoms with Crippen LogP contribution in [-0.2, 0) is 7.05 Å². The number of pyridine rings is 1. The first kappa shape index (κ1) is 21.9. The maximum Gasteiger partial charge on any atom is 0.222 e. The Morgan fingerprint density at radius 2 is 1.56 bits per heavy atom. The van der Waals surface area contributed by atoms with E-state index in [0.717, 1.165) is 0 Å². The zero-order chi connectivity index (χ0) is 23.9. The molecular formula is C31H32NSSi+. The fraction of sp³-hybridized carbons (Fsp3) is 0.258. The molecule has 1 nitrogen and oxygen atoms in total. The molecule has 0 saturated heterocycles. The monoisotopic (exact) mass is 478 g/mol. The lowest BCUT2D eigenvalue weighted by Crippen LogP contribution is -2.37. The molecule has 0 fully saturated rings. The molecule has 1 aliphatic rings. The highest BCUT2D eigenvalue weighted by atomic mass is 32.2. The number of benzene rings is 4. The molecule has 170 valence electrons. The third-order valence-electron chi connectivity index (χ3n) is 7.54. The molecular weight excluding hydrogens is 447 g/mol. The van der Waals surface area contributed by atoms with Gasteiger partial charge >= 0.3 is 0 Å². The second-order valence-corrected chi connectivity index (χ2v) is 17.3. The summed E-state index contributed by atoms with van der Waals surface area (Å²) in [5.41, 5.74) is 5.67. The van der Waals surface area contributed by atoms with Crippen LogP contribution in [0.1, 0.15) is 30.9 Å². The summed E-state index contributed by atoms with van der Waals surface area (Å²) in [6.45, 7) is 14.3. The van der Waals surface area contributed by atoms with Crippen molar-refractivity contribution in [3.05, 3.63) is 71.9 Å². The summed E-state index contributed by atoms with van der Waals surface area (Å²) in [6, 6.07) is 21.0. The molecule has 0 N–H and O–H groups in total. The highest BCUT2D eigenvalue weighted by Gasteiger charge is 2.33. The maximum absolute atomic E-state index is 2.47. The fourth-order valence-electron chi connectivity index (χ4n) is 5.76. The van der Waals surface area contributed by atoms with Crippen molar-refractivity contribution in [3.63, 3.8) is 0 Å². The molecule has 0 saturated carbocycles. The Morgan fingerprint density at radius 1 is 0.824 bits per heavy atom. The third-order valence-corrected chi connectivity index (χ3v) is 10.8. The highest BCUT2D eigenvalue weighted by molar-refractivity contribution is 8.00. The van der Waals surface area contributed by atoms with Crippen LogP contribution in [0, 0.1) is 6.92 Å². The van der Waals surface area contributed by atoms with E-state index in [1.54, 1.807) is 0 Å². The van der Waals surface area contributed by atoms with Gasteiger partial charge in [0.25, 0.3) is 0 Å². The van der Waals surface area contributed by atoms with Crippen LogP contribution in [-0.4, -0.2) is 8.07 Å². The lowest BCUT2D eigenvalue weighted by Gasteiger charge is -2.27. The molecule has 4 aromatic carbocycles. The number of hydrogen-bond acceptors (Lipinski definition) is 1. The molecule has 6 rings (SSSR count). The van der Waals surface area contributed by atoms with Gasteiger partial charge in [-0.3, -0.25) is 0 Å². The number of fused-ring (bicyclic) bond motifs is 5. The zero-order valence-corrected chi connectivity index (χ0v) is 23.0. The summed E-state index contributed by atoms with van der Waals surface area (Å²) in [5, 5.41) is 9.83. The predicted octanol–water partition coefficient (Wildman–Crippen LogP) is 8.08. The van der Waals surface area contributed by atoms with Gasteiger partial charge in [-0.25, -0.2) is 4.57 Å². The van der Waals surface area contributed by atoms with Gasteiger partial charge in [0, 0.05) is 15.9 Å². The topological polar surface area (TPSA) is 3.88 Å². The molecule has 0 bridgehead atoms. The second kappa shape index (κ2) is 7.44. The summed E-state index contributed by atoms with van der Waals surface area (Å²) < 4.78 is 2.35. The number of rotatable bonds is 2. The van der Waals surface area contributed by atoms with E-state index in [-0.39, 0.29) is 0 Å². The van der Waals surface area contributed by atoms with E-state index in [9.17, 15) is 0 Å². The number of hydrogen-bond donors (Lipinski definition) is 0. The van der Waals surface area contributed by atoms with Crippen molar-refractivity contribution < 1.29 is 4.57 Å². The Balaban J connectivity index is 1.81. The Hall–Kier alpha value is -2.62. The van der Waals surface area contributed by atoms with Gasteiger partial charge < -0.3 is 0 Å². The van der Waals surface area contributed by atoms with Crippen LogP contribution in [0.5, 0.6) is 0 Å². The average molecular weight is 479 g/mol. The number of nitrogens with zero attached hydrogens (tertiary/aromatic N) is 1. The van der Waals surface area contributed by atoms with E-state index in [2.05, 4.69) is 113 Å². The molecule has 0 radical (unpaired) electrons. The molecule has 0 atom stereocenters. The van der Waals surface area contributed by atoms with Crippen molar-refractivity contribution in [2.24, 2.45) is 7.05 Å². The van der Waals surface area contributed by atoms with Gasteiger partial charge in [0.1, 0.15) is 7.05 Å². The molecule has 0 aliphatic carbocycles. The fourth-order valence-corrected chi connectivity index (χ4v) is 8.56. The first-order chi connectivity index (χ1) is 16.2. The van der Waals surface area contributed by atoms with Crippen LogP contribution in [0.2, 0.25) is 19.6 Å². The maximum atomic E-state index is 2.47. The SMILES string of the molecule is Cc1c2c(c(C(C)C)c3ccccc13)Sc1c3ccc([Si](C)(C)C)cc3cc3cc[n+](C)c-2c13. The second-order valence-electron chi connectivity index (χ2n) is 11.2. The van der Waals surface area contributed by atoms with Crippen LogP contribution in [0.25, 0.3) is 43.6 Å². The van der Waals surface area contributed by atoms with Crippen LogP contribution < -0.4 is 9.75 Å². The van der Waals surface area contributed by atoms with Gasteiger partial charge in [0.05, 0.1) is 19.0 Å². The van der Waals surface area contributed by atoms with E-state index >= 15 is 0 Å². The molecule has 0 spiro atoms. The van der Waals surface area contributed by atoms with Gasteiger partial charge in [-0.1, -0.05) is 92.9 Å². The Morgan fingerprint density at radius 3 is 2.26 bits per heavy atom. The van der Waals surface area contributed by atoms with Gasteiger partial charge in [-0.05, 0) is 57.0 Å². The van der Waals surface area contributed by atoms with Crippen molar-refractivity contribution in [2.75, 3.05) is 0 Å². The smallest absolute Gasteiger partial charge is 0.200 e. The number of aromatic nitrogens is 1. The first-order valence-corrected chi connectivity index (χ1v) is 16.6. The normalized spacial score (nSPS) is 13.3. The Bertz CT molecular complexity index is 1660. The minimum atomic E-state index is -1.38. The van der Waals surface area contributed by atoms with E-state index in [4.69, 9.17) is 0 Å². The quantitative estimate of drug-likeness (QED) is 0.138. The number of aryl methyl sites for hydroxylation is 2. The van der Waals surface area contributed by atoms with E-state index in [1.165, 1.54) is 69.7 Å². The molecule has 1 aromatic heterocycles. The standard InChI is InChI=1S/C31H32NSSi/c1-18(2)26-25-11-9-8-10-23(25)19(3)27-29-28-20(14-15-32(29)4)16-21-17-22(34(5,6)7)12-13-24(21)30(28)33-31(26)27/h8-18H,1-7H3/q+1. The van der Waals surface area contributed by atoms with E-state index < -0.39 is 8.07 Å². The highest BCUT2D eigenvalue weighted by Crippen LogP contribution is 2.54. The minimum absolute atomic E-state index is 0.450. The lowest BCUT2D eigenvalue weighted by molar-refractivity contribution is -0.659. The van der Waals surface area contributed by atoms with Crippen LogP contribution in [0.15, 0.2) is 70.6 Å². The van der Waals surface area contributed by atoms with Gasteiger partial charge in [-0.15, -0.1) is 0 Å². The van der Waals surface area contributed by atoms with Crippen LogP contribution >= 0.6 is 11.8 Å². The molecule has 0 unspecified atom stereocenters. The molecule has 0 amide bonds. The third kappa shape index (κ3) is 3.03. The van der Waals surface area contributed by atoms with Crippen molar-refractivity contribution >= 4 is 57.3 Å². The summed E-state index contributed by atoms with van der Waals surface area (Å²) in [7, 11) is 0.827. The first-order valence-electron chi connectivity index (χ1n) is 12.3. The Kier molecular flexibility index (Phi) is 4.79. The molecule has 1 aliphatic heterocycles. The molecule has 3 heteroatoms. The van der Waals surface area contributed by atoms with Crippen molar-refractivity contribution in [3.8, 4) is 11.3 Å². The zero-order valence-electron chi connectivity index (χ0n) is 21.2. The van der Waals surface area contributed by atoms with Gasteiger partial charge in [-0.2, -0.15) is 0 Å². The summed E-state index contributed by atoms with van der Waals surface area (Å²) >= 11 is 2.01. The summed E-state index contributed by atoms with van der Waals surface area (Å²) in [4.78, 5) is 2.87. The minimum Gasteiger partial charge on any atom is -0.200 e. The van der Waals surface area contributed by atoms with E-state index in [1.807, 2.05) is 11.8 Å². The van der Waals surface area contributed by atoms with Crippen molar-refractivity contribution in [1.82, 2.24) is 0 Å². The van der Waals surface area contributed by atoms with Crippen molar-refractivity contribution in [1.29, 1.82) is 0 Å².